The molecule has 2 aliphatic heterocycles. The summed E-state index contributed by atoms with van der Waals surface area (Å²) in [5, 5.41) is 7.86. The van der Waals surface area contributed by atoms with Gasteiger partial charge in [-0.05, 0) is 30.7 Å². The summed E-state index contributed by atoms with van der Waals surface area (Å²) in [5.74, 6) is 1.06. The van der Waals surface area contributed by atoms with Crippen LogP contribution in [0.1, 0.15) is 34.4 Å². The van der Waals surface area contributed by atoms with Crippen molar-refractivity contribution in [1.82, 2.24) is 14.8 Å². The van der Waals surface area contributed by atoms with Crippen LogP contribution in [0.3, 0.4) is 0 Å². The number of ether oxygens (including phenoxy) is 1. The molecule has 152 valence electrons. The van der Waals surface area contributed by atoms with E-state index in [4.69, 9.17) is 4.74 Å². The molecule has 31 heavy (non-hydrogen) atoms. The van der Waals surface area contributed by atoms with Crippen molar-refractivity contribution in [2.24, 2.45) is 0 Å². The van der Waals surface area contributed by atoms with Crippen LogP contribution in [0.15, 0.2) is 84.7 Å². The molecule has 0 spiro atoms. The summed E-state index contributed by atoms with van der Waals surface area (Å²) in [7, 11) is 0. The maximum absolute atomic E-state index is 15.1. The molecule has 0 saturated heterocycles. The number of anilines is 1. The summed E-state index contributed by atoms with van der Waals surface area (Å²) in [5.41, 5.74) is 5.42. The lowest BCUT2D eigenvalue weighted by Crippen LogP contribution is -2.32. The second kappa shape index (κ2) is 6.80. The van der Waals surface area contributed by atoms with Crippen molar-refractivity contribution in [3.8, 4) is 5.75 Å². The van der Waals surface area contributed by atoms with Gasteiger partial charge in [-0.3, -0.25) is 0 Å². The van der Waals surface area contributed by atoms with Crippen molar-refractivity contribution in [3.63, 3.8) is 0 Å². The molecule has 1 aromatic heterocycles. The highest BCUT2D eigenvalue weighted by molar-refractivity contribution is 5.85. The van der Waals surface area contributed by atoms with Crippen LogP contribution < -0.4 is 10.1 Å². The summed E-state index contributed by atoms with van der Waals surface area (Å²) in [4.78, 5) is 4.38. The quantitative estimate of drug-likeness (QED) is 0.488. The Bertz CT molecular complexity index is 1330. The van der Waals surface area contributed by atoms with Gasteiger partial charge in [-0.2, -0.15) is 10.1 Å². The van der Waals surface area contributed by atoms with Gasteiger partial charge in [-0.1, -0.05) is 60.2 Å². The molecule has 3 heterocycles. The number of benzene rings is 3. The SMILES string of the molecule is Cc1ccc(C2Oc3ccccc3C3=C2C(c2ccccc2F)n2ncnc2N3)cc1. The number of hydrogen-bond acceptors (Lipinski definition) is 4. The van der Waals surface area contributed by atoms with Crippen LogP contribution in [0, 0.1) is 12.7 Å². The Hall–Kier alpha value is -3.93. The second-order valence-electron chi connectivity index (χ2n) is 7.81. The van der Waals surface area contributed by atoms with E-state index in [-0.39, 0.29) is 5.82 Å². The van der Waals surface area contributed by atoms with Gasteiger partial charge in [0.05, 0.1) is 5.70 Å². The molecule has 3 aromatic carbocycles. The number of aryl methyl sites for hydroxylation is 1. The zero-order valence-electron chi connectivity index (χ0n) is 16.8. The third-order valence-corrected chi connectivity index (χ3v) is 5.90. The second-order valence-corrected chi connectivity index (χ2v) is 7.81. The minimum absolute atomic E-state index is 0.288. The van der Waals surface area contributed by atoms with E-state index < -0.39 is 12.1 Å². The Labute approximate surface area is 178 Å². The molecule has 2 unspecified atom stereocenters. The van der Waals surface area contributed by atoms with Gasteiger partial charge in [0.25, 0.3) is 0 Å². The Morgan fingerprint density at radius 2 is 1.74 bits per heavy atom. The van der Waals surface area contributed by atoms with Gasteiger partial charge in [0.2, 0.25) is 5.95 Å². The van der Waals surface area contributed by atoms with Crippen LogP contribution in [-0.4, -0.2) is 14.8 Å². The molecular weight excluding hydrogens is 391 g/mol. The highest BCUT2D eigenvalue weighted by Crippen LogP contribution is 2.50. The number of hydrogen-bond donors (Lipinski definition) is 1. The molecule has 4 aromatic rings. The number of rotatable bonds is 2. The fourth-order valence-electron chi connectivity index (χ4n) is 4.43. The monoisotopic (exact) mass is 410 g/mol. The van der Waals surface area contributed by atoms with E-state index in [0.717, 1.165) is 28.1 Å². The first kappa shape index (κ1) is 17.9. The van der Waals surface area contributed by atoms with E-state index >= 15 is 4.39 Å². The van der Waals surface area contributed by atoms with Gasteiger partial charge in [0.15, 0.2) is 0 Å². The highest BCUT2D eigenvalue weighted by atomic mass is 19.1. The van der Waals surface area contributed by atoms with E-state index in [1.807, 2.05) is 30.3 Å². The van der Waals surface area contributed by atoms with E-state index in [1.165, 1.54) is 18.0 Å². The Morgan fingerprint density at radius 3 is 2.58 bits per heavy atom. The van der Waals surface area contributed by atoms with Gasteiger partial charge in [0.1, 0.15) is 30.0 Å². The molecule has 5 nitrogen and oxygen atoms in total. The summed E-state index contributed by atoms with van der Waals surface area (Å²) in [6.07, 6.45) is 1.09. The van der Waals surface area contributed by atoms with Gasteiger partial charge >= 0.3 is 0 Å². The molecule has 0 aliphatic carbocycles. The fraction of sp³-hybridized carbons (Fsp3) is 0.120. The van der Waals surface area contributed by atoms with Crippen LogP contribution in [0.2, 0.25) is 0 Å². The molecule has 0 bridgehead atoms. The normalized spacial score (nSPS) is 19.0. The average molecular weight is 410 g/mol. The van der Waals surface area contributed by atoms with E-state index in [9.17, 15) is 0 Å². The highest BCUT2D eigenvalue weighted by Gasteiger charge is 2.41. The Morgan fingerprint density at radius 1 is 0.968 bits per heavy atom. The molecule has 2 atom stereocenters. The minimum Gasteiger partial charge on any atom is -0.480 e. The first-order valence-electron chi connectivity index (χ1n) is 10.2. The standard InChI is InChI=1S/C25H19FN4O/c1-15-10-12-16(13-11-15)24-21-22(18-7-3-5-9-20(18)31-24)29-25-27-14-28-30(25)23(21)17-6-2-4-8-19(17)26/h2-14,23-24H,1H3,(H,27,28,29). The van der Waals surface area contributed by atoms with Crippen LogP contribution in [-0.2, 0) is 0 Å². The third kappa shape index (κ3) is 2.75. The van der Waals surface area contributed by atoms with Crippen LogP contribution in [0.4, 0.5) is 10.3 Å². The predicted octanol–water partition coefficient (Wildman–Crippen LogP) is 5.29. The van der Waals surface area contributed by atoms with Crippen molar-refractivity contribution < 1.29 is 9.13 Å². The zero-order valence-corrected chi connectivity index (χ0v) is 16.8. The molecule has 0 fully saturated rings. The lowest BCUT2D eigenvalue weighted by atomic mass is 9.84. The van der Waals surface area contributed by atoms with Crippen molar-refractivity contribution >= 4 is 11.6 Å². The summed E-state index contributed by atoms with van der Waals surface area (Å²) in [6.45, 7) is 2.05. The molecule has 0 saturated carbocycles. The molecule has 0 radical (unpaired) electrons. The van der Waals surface area contributed by atoms with Gasteiger partial charge in [-0.15, -0.1) is 0 Å². The summed E-state index contributed by atoms with van der Waals surface area (Å²) in [6, 6.07) is 22.5. The largest absolute Gasteiger partial charge is 0.480 e. The maximum atomic E-state index is 15.1. The third-order valence-electron chi connectivity index (χ3n) is 5.90. The van der Waals surface area contributed by atoms with E-state index in [0.29, 0.717) is 11.5 Å². The van der Waals surface area contributed by atoms with Gasteiger partial charge in [-0.25, -0.2) is 9.07 Å². The van der Waals surface area contributed by atoms with Crippen molar-refractivity contribution in [2.45, 2.75) is 19.1 Å². The van der Waals surface area contributed by atoms with Crippen LogP contribution in [0.5, 0.6) is 5.75 Å². The van der Waals surface area contributed by atoms with Crippen molar-refractivity contribution in [1.29, 1.82) is 0 Å². The number of aromatic nitrogens is 3. The lowest BCUT2D eigenvalue weighted by molar-refractivity contribution is 0.222. The molecular formula is C25H19FN4O. The molecule has 2 aliphatic rings. The van der Waals surface area contributed by atoms with Gasteiger partial charge in [0, 0.05) is 16.7 Å². The summed E-state index contributed by atoms with van der Waals surface area (Å²) < 4.78 is 23.3. The van der Waals surface area contributed by atoms with Crippen LogP contribution in [0.25, 0.3) is 5.70 Å². The smallest absolute Gasteiger partial charge is 0.226 e. The average Bonchev–Trinajstić information content (AvgIpc) is 3.27. The Balaban J connectivity index is 1.65. The number of nitrogens with zero attached hydrogens (tertiary/aromatic N) is 3. The zero-order chi connectivity index (χ0) is 20.9. The minimum atomic E-state index is -0.491. The number of para-hydroxylation sites is 1. The molecule has 0 amide bonds. The fourth-order valence-corrected chi connectivity index (χ4v) is 4.43. The molecule has 1 N–H and O–H groups in total. The molecule has 6 rings (SSSR count). The van der Waals surface area contributed by atoms with Crippen molar-refractivity contribution in [3.05, 3.63) is 113 Å². The predicted molar refractivity (Wildman–Crippen MR) is 116 cm³/mol. The Kier molecular flexibility index (Phi) is 3.93. The van der Waals surface area contributed by atoms with E-state index in [2.05, 4.69) is 46.6 Å². The number of fused-ring (bicyclic) bond motifs is 3. The maximum Gasteiger partial charge on any atom is 0.226 e. The van der Waals surface area contributed by atoms with Gasteiger partial charge < -0.3 is 10.1 Å². The number of halogens is 1. The topological polar surface area (TPSA) is 52.0 Å². The number of nitrogens with one attached hydrogen (secondary N) is 1. The lowest BCUT2D eigenvalue weighted by Gasteiger charge is -2.39. The first-order valence-corrected chi connectivity index (χ1v) is 10.2. The summed E-state index contributed by atoms with van der Waals surface area (Å²) >= 11 is 0. The first-order chi connectivity index (χ1) is 15.2. The van der Waals surface area contributed by atoms with E-state index in [1.54, 1.807) is 16.8 Å². The van der Waals surface area contributed by atoms with Crippen LogP contribution >= 0.6 is 0 Å². The molecule has 6 heteroatoms. The van der Waals surface area contributed by atoms with Crippen molar-refractivity contribution in [2.75, 3.05) is 5.32 Å².